The highest BCUT2D eigenvalue weighted by molar-refractivity contribution is 9.10. The number of unbranched alkanes of at least 4 members (excludes halogenated alkanes) is 3. The lowest BCUT2D eigenvalue weighted by Crippen LogP contribution is -2.11. The molecule has 1 rings (SSSR count). The maximum Gasteiger partial charge on any atom is 0.124 e. The van der Waals surface area contributed by atoms with Gasteiger partial charge < -0.3 is 10.5 Å². The van der Waals surface area contributed by atoms with Crippen molar-refractivity contribution in [3.05, 3.63) is 40.9 Å². The summed E-state index contributed by atoms with van der Waals surface area (Å²) in [5, 5.41) is 0. The van der Waals surface area contributed by atoms with Crippen molar-refractivity contribution in [2.24, 2.45) is 5.73 Å². The molecule has 100 valence electrons. The molecule has 1 aromatic rings. The fraction of sp³-hybridized carbons (Fsp3) is 0.467. The Morgan fingerprint density at radius 1 is 1.39 bits per heavy atom. The molecular weight excluding hydrogens is 290 g/mol. The molecule has 0 amide bonds. The first kappa shape index (κ1) is 15.3. The van der Waals surface area contributed by atoms with Gasteiger partial charge in [-0.2, -0.15) is 0 Å². The van der Waals surface area contributed by atoms with Crippen molar-refractivity contribution in [2.75, 3.05) is 7.11 Å². The predicted molar refractivity (Wildman–Crippen MR) is 80.9 cm³/mol. The summed E-state index contributed by atoms with van der Waals surface area (Å²) in [4.78, 5) is 0. The van der Waals surface area contributed by atoms with E-state index >= 15 is 0 Å². The second-order valence-corrected chi connectivity index (χ2v) is 5.34. The number of hydrogen-bond donors (Lipinski definition) is 1. The monoisotopic (exact) mass is 311 g/mol. The smallest absolute Gasteiger partial charge is 0.124 e. The number of allylic oxidation sites excluding steroid dienone is 1. The van der Waals surface area contributed by atoms with E-state index in [4.69, 9.17) is 10.5 Å². The van der Waals surface area contributed by atoms with E-state index in [2.05, 4.69) is 22.5 Å². The Balaban J connectivity index is 2.50. The van der Waals surface area contributed by atoms with Gasteiger partial charge in [-0.3, -0.25) is 0 Å². The van der Waals surface area contributed by atoms with Crippen molar-refractivity contribution in [1.82, 2.24) is 0 Å². The molecule has 2 nitrogen and oxygen atoms in total. The highest BCUT2D eigenvalue weighted by atomic mass is 79.9. The first-order valence-corrected chi connectivity index (χ1v) is 7.18. The van der Waals surface area contributed by atoms with Crippen molar-refractivity contribution >= 4 is 15.9 Å². The van der Waals surface area contributed by atoms with Crippen LogP contribution in [0.15, 0.2) is 35.3 Å². The average Bonchev–Trinajstić information content (AvgIpc) is 2.38. The minimum atomic E-state index is 0.0526. The van der Waals surface area contributed by atoms with Gasteiger partial charge in [-0.1, -0.05) is 40.9 Å². The van der Waals surface area contributed by atoms with Crippen molar-refractivity contribution < 1.29 is 4.74 Å². The molecule has 0 saturated heterocycles. The standard InChI is InChI=1S/C15H22BrNO/c1-3-4-5-6-7-8-14(17)13-10-9-12(16)11-15(13)18-2/h3,9-11,14H,1,4-8,17H2,2H3. The van der Waals surface area contributed by atoms with Crippen LogP contribution >= 0.6 is 15.9 Å². The first-order valence-electron chi connectivity index (χ1n) is 6.39. The van der Waals surface area contributed by atoms with Crippen LogP contribution in [0.25, 0.3) is 0 Å². The first-order chi connectivity index (χ1) is 8.69. The van der Waals surface area contributed by atoms with Gasteiger partial charge in [0.2, 0.25) is 0 Å². The van der Waals surface area contributed by atoms with E-state index in [1.807, 2.05) is 24.3 Å². The highest BCUT2D eigenvalue weighted by Gasteiger charge is 2.11. The molecule has 1 aromatic carbocycles. The molecule has 0 aliphatic rings. The summed E-state index contributed by atoms with van der Waals surface area (Å²) in [5.41, 5.74) is 7.31. The molecule has 0 radical (unpaired) electrons. The van der Waals surface area contributed by atoms with Crippen LogP contribution in [0.5, 0.6) is 5.75 Å². The summed E-state index contributed by atoms with van der Waals surface area (Å²) >= 11 is 3.44. The molecule has 0 aliphatic heterocycles. The lowest BCUT2D eigenvalue weighted by molar-refractivity contribution is 0.403. The van der Waals surface area contributed by atoms with E-state index in [0.717, 1.165) is 35.0 Å². The molecule has 0 aliphatic carbocycles. The number of rotatable bonds is 8. The highest BCUT2D eigenvalue weighted by Crippen LogP contribution is 2.29. The topological polar surface area (TPSA) is 35.2 Å². The second kappa shape index (κ2) is 8.33. The van der Waals surface area contributed by atoms with Gasteiger partial charge in [0.25, 0.3) is 0 Å². The van der Waals surface area contributed by atoms with Crippen molar-refractivity contribution in [1.29, 1.82) is 0 Å². The molecule has 0 bridgehead atoms. The molecule has 0 spiro atoms. The number of hydrogen-bond acceptors (Lipinski definition) is 2. The van der Waals surface area contributed by atoms with Crippen LogP contribution in [-0.4, -0.2) is 7.11 Å². The Labute approximate surface area is 118 Å². The van der Waals surface area contributed by atoms with Crippen molar-refractivity contribution in [3.63, 3.8) is 0 Å². The molecule has 2 N–H and O–H groups in total. The SMILES string of the molecule is C=CCCCCCC(N)c1ccc(Br)cc1OC. The summed E-state index contributed by atoms with van der Waals surface area (Å²) in [6.45, 7) is 3.73. The quantitative estimate of drug-likeness (QED) is 0.562. The molecule has 0 heterocycles. The van der Waals surface area contributed by atoms with Crippen LogP contribution in [0.4, 0.5) is 0 Å². The van der Waals surface area contributed by atoms with Gasteiger partial charge in [0.05, 0.1) is 7.11 Å². The third kappa shape index (κ3) is 4.83. The number of halogens is 1. The van der Waals surface area contributed by atoms with Crippen LogP contribution in [-0.2, 0) is 0 Å². The zero-order valence-electron chi connectivity index (χ0n) is 11.0. The largest absolute Gasteiger partial charge is 0.496 e. The maximum absolute atomic E-state index is 6.22. The minimum Gasteiger partial charge on any atom is -0.496 e. The Morgan fingerprint density at radius 2 is 2.17 bits per heavy atom. The zero-order chi connectivity index (χ0) is 13.4. The van der Waals surface area contributed by atoms with Crippen LogP contribution < -0.4 is 10.5 Å². The molecule has 18 heavy (non-hydrogen) atoms. The average molecular weight is 312 g/mol. The van der Waals surface area contributed by atoms with E-state index in [0.29, 0.717) is 0 Å². The predicted octanol–water partition coefficient (Wildman–Crippen LogP) is 4.59. The number of benzene rings is 1. The van der Waals surface area contributed by atoms with Crippen LogP contribution in [0, 0.1) is 0 Å². The Kier molecular flexibility index (Phi) is 7.06. The van der Waals surface area contributed by atoms with Crippen LogP contribution in [0.1, 0.15) is 43.7 Å². The van der Waals surface area contributed by atoms with Crippen molar-refractivity contribution in [3.8, 4) is 5.75 Å². The lowest BCUT2D eigenvalue weighted by Gasteiger charge is -2.16. The third-order valence-corrected chi connectivity index (χ3v) is 3.51. The van der Waals surface area contributed by atoms with Gasteiger partial charge in [-0.05, 0) is 31.4 Å². The van der Waals surface area contributed by atoms with Gasteiger partial charge in [0, 0.05) is 16.1 Å². The maximum atomic E-state index is 6.22. The summed E-state index contributed by atoms with van der Waals surface area (Å²) in [5.74, 6) is 0.864. The number of nitrogens with two attached hydrogens (primary N) is 1. The van der Waals surface area contributed by atoms with E-state index in [9.17, 15) is 0 Å². The van der Waals surface area contributed by atoms with Gasteiger partial charge >= 0.3 is 0 Å². The zero-order valence-corrected chi connectivity index (χ0v) is 12.6. The van der Waals surface area contributed by atoms with E-state index in [1.54, 1.807) is 7.11 Å². The Bertz CT molecular complexity index is 379. The Morgan fingerprint density at radius 3 is 2.83 bits per heavy atom. The van der Waals surface area contributed by atoms with E-state index in [1.165, 1.54) is 12.8 Å². The molecule has 1 unspecified atom stereocenters. The molecule has 1 atom stereocenters. The summed E-state index contributed by atoms with van der Waals surface area (Å²) in [7, 11) is 1.68. The van der Waals surface area contributed by atoms with E-state index < -0.39 is 0 Å². The molecule has 0 aromatic heterocycles. The normalized spacial score (nSPS) is 12.2. The van der Waals surface area contributed by atoms with Gasteiger partial charge in [0.1, 0.15) is 5.75 Å². The van der Waals surface area contributed by atoms with Crippen molar-refractivity contribution in [2.45, 2.75) is 38.1 Å². The summed E-state index contributed by atoms with van der Waals surface area (Å²) in [6.07, 6.45) is 7.62. The van der Waals surface area contributed by atoms with E-state index in [-0.39, 0.29) is 6.04 Å². The third-order valence-electron chi connectivity index (χ3n) is 3.02. The summed E-state index contributed by atoms with van der Waals surface area (Å²) < 4.78 is 6.38. The van der Waals surface area contributed by atoms with Gasteiger partial charge in [-0.25, -0.2) is 0 Å². The van der Waals surface area contributed by atoms with Gasteiger partial charge in [0.15, 0.2) is 0 Å². The second-order valence-electron chi connectivity index (χ2n) is 4.42. The fourth-order valence-corrected chi connectivity index (χ4v) is 2.32. The molecule has 0 fully saturated rings. The van der Waals surface area contributed by atoms with Gasteiger partial charge in [-0.15, -0.1) is 6.58 Å². The Hall–Kier alpha value is -0.800. The molecule has 3 heteroatoms. The molecule has 0 saturated carbocycles. The van der Waals surface area contributed by atoms with Crippen LogP contribution in [0.3, 0.4) is 0 Å². The molecular formula is C15H22BrNO. The summed E-state index contributed by atoms with van der Waals surface area (Å²) in [6, 6.07) is 6.07. The number of ether oxygens (including phenoxy) is 1. The number of methoxy groups -OCH3 is 1. The minimum absolute atomic E-state index is 0.0526. The van der Waals surface area contributed by atoms with Crippen LogP contribution in [0.2, 0.25) is 0 Å². The lowest BCUT2D eigenvalue weighted by atomic mass is 10.00. The fourth-order valence-electron chi connectivity index (χ4n) is 1.98.